The summed E-state index contributed by atoms with van der Waals surface area (Å²) in [6.07, 6.45) is 1.70. The molecule has 0 amide bonds. The Kier molecular flexibility index (Phi) is 2.00. The molecule has 0 saturated carbocycles. The molecule has 21 heavy (non-hydrogen) atoms. The molecular weight excluding hydrogens is 260 g/mol. The van der Waals surface area contributed by atoms with Crippen LogP contribution in [0.2, 0.25) is 0 Å². The number of hydrogen-bond acceptors (Lipinski definition) is 2. The lowest BCUT2D eigenvalue weighted by atomic mass is 10.1. The number of hydrogen-bond donors (Lipinski definition) is 0. The topological polar surface area (TPSA) is 16.4 Å². The van der Waals surface area contributed by atoms with Crippen LogP contribution in [0.15, 0.2) is 40.8 Å². The van der Waals surface area contributed by atoms with Crippen molar-refractivity contribution in [3.05, 3.63) is 42.0 Å². The zero-order valence-electron chi connectivity index (χ0n) is 12.5. The lowest BCUT2D eigenvalue weighted by Crippen LogP contribution is -2.48. The Balaban J connectivity index is 1.82. The minimum atomic E-state index is 0.568. The van der Waals surface area contributed by atoms with Crippen molar-refractivity contribution in [3.63, 3.8) is 0 Å². The first-order valence-corrected chi connectivity index (χ1v) is 7.67. The molecule has 0 aliphatic carbocycles. The smallest absolute Gasteiger partial charge is 0.168 e. The molecular formula is C18H19N2O+. The number of nitrogens with zero attached hydrogens (tertiary/aromatic N) is 2. The summed E-state index contributed by atoms with van der Waals surface area (Å²) in [4.78, 5) is 2.57. The predicted octanol–water partition coefficient (Wildman–Crippen LogP) is 3.36. The molecule has 0 radical (unpaired) electrons. The molecule has 1 atom stereocenters. The van der Waals surface area contributed by atoms with Crippen molar-refractivity contribution in [1.82, 2.24) is 0 Å². The van der Waals surface area contributed by atoms with Crippen LogP contribution in [0.3, 0.4) is 0 Å². The summed E-state index contributed by atoms with van der Waals surface area (Å²) in [6, 6.07) is 12.9. The fraction of sp³-hybridized carbons (Fsp3) is 0.333. The van der Waals surface area contributed by atoms with Crippen molar-refractivity contribution in [1.29, 1.82) is 0 Å². The van der Waals surface area contributed by atoms with E-state index < -0.39 is 0 Å². The van der Waals surface area contributed by atoms with E-state index in [0.717, 1.165) is 28.6 Å². The number of fused-ring (bicyclic) bond motifs is 7. The predicted molar refractivity (Wildman–Crippen MR) is 85.5 cm³/mol. The standard InChI is InChI=1S/C18H19N2O/c1-20(2)10-9-19-16(20)11-12-7-8-14-13-5-3-4-6-15(13)21-18(14)17(12)19/h3-8,16H,9-11H2,1-2H3/q+1. The van der Waals surface area contributed by atoms with Gasteiger partial charge in [-0.05, 0) is 11.6 Å². The molecule has 5 rings (SSSR count). The second kappa shape index (κ2) is 3.60. The maximum atomic E-state index is 6.22. The van der Waals surface area contributed by atoms with E-state index in [1.165, 1.54) is 28.6 Å². The Hall–Kier alpha value is -2.00. The molecule has 3 heterocycles. The fourth-order valence-electron chi connectivity index (χ4n) is 4.15. The van der Waals surface area contributed by atoms with Gasteiger partial charge in [0.1, 0.15) is 5.58 Å². The number of furan rings is 1. The lowest BCUT2D eigenvalue weighted by molar-refractivity contribution is -0.900. The quantitative estimate of drug-likeness (QED) is 0.587. The number of anilines is 1. The van der Waals surface area contributed by atoms with Gasteiger partial charge < -0.3 is 13.8 Å². The normalized spacial score (nSPS) is 23.0. The van der Waals surface area contributed by atoms with Crippen molar-refractivity contribution < 1.29 is 8.90 Å². The molecule has 2 aliphatic rings. The van der Waals surface area contributed by atoms with Gasteiger partial charge >= 0.3 is 0 Å². The monoisotopic (exact) mass is 279 g/mol. The first kappa shape index (κ1) is 11.6. The van der Waals surface area contributed by atoms with Crippen LogP contribution >= 0.6 is 0 Å². The van der Waals surface area contributed by atoms with Crippen molar-refractivity contribution in [3.8, 4) is 0 Å². The van der Waals surface area contributed by atoms with E-state index in [-0.39, 0.29) is 0 Å². The van der Waals surface area contributed by atoms with E-state index >= 15 is 0 Å². The molecule has 0 spiro atoms. The van der Waals surface area contributed by atoms with Gasteiger partial charge in [-0.25, -0.2) is 0 Å². The average Bonchev–Trinajstić information content (AvgIpc) is 3.10. The highest BCUT2D eigenvalue weighted by atomic mass is 16.3. The van der Waals surface area contributed by atoms with Crippen LogP contribution in [0.1, 0.15) is 5.56 Å². The fourth-order valence-corrected chi connectivity index (χ4v) is 4.15. The van der Waals surface area contributed by atoms with Gasteiger partial charge in [0.15, 0.2) is 11.7 Å². The second-order valence-corrected chi connectivity index (χ2v) is 6.93. The van der Waals surface area contributed by atoms with E-state index in [9.17, 15) is 0 Å². The van der Waals surface area contributed by atoms with Crippen molar-refractivity contribution in [2.75, 3.05) is 32.1 Å². The maximum Gasteiger partial charge on any atom is 0.168 e. The molecule has 1 fully saturated rings. The molecule has 0 bridgehead atoms. The van der Waals surface area contributed by atoms with Gasteiger partial charge in [-0.2, -0.15) is 0 Å². The summed E-state index contributed by atoms with van der Waals surface area (Å²) >= 11 is 0. The summed E-state index contributed by atoms with van der Waals surface area (Å²) in [6.45, 7) is 2.33. The highest BCUT2D eigenvalue weighted by Crippen LogP contribution is 2.45. The maximum absolute atomic E-state index is 6.22. The van der Waals surface area contributed by atoms with Gasteiger partial charge in [0, 0.05) is 17.2 Å². The molecule has 2 aliphatic heterocycles. The summed E-state index contributed by atoms with van der Waals surface area (Å²) in [5, 5.41) is 2.48. The molecule has 1 aromatic heterocycles. The van der Waals surface area contributed by atoms with Gasteiger partial charge in [-0.3, -0.25) is 0 Å². The number of rotatable bonds is 0. The van der Waals surface area contributed by atoms with Crippen LogP contribution in [-0.4, -0.2) is 37.8 Å². The Morgan fingerprint density at radius 2 is 1.95 bits per heavy atom. The summed E-state index contributed by atoms with van der Waals surface area (Å²) in [5.74, 6) is 0. The molecule has 3 aromatic rings. The molecule has 0 N–H and O–H groups in total. The van der Waals surface area contributed by atoms with Crippen LogP contribution in [0.4, 0.5) is 5.69 Å². The Morgan fingerprint density at radius 3 is 2.86 bits per heavy atom. The number of quaternary nitrogens is 1. The van der Waals surface area contributed by atoms with Crippen LogP contribution < -0.4 is 4.90 Å². The van der Waals surface area contributed by atoms with Crippen LogP contribution in [0, 0.1) is 0 Å². The van der Waals surface area contributed by atoms with E-state index in [1.54, 1.807) is 0 Å². The highest BCUT2D eigenvalue weighted by Gasteiger charge is 2.47. The lowest BCUT2D eigenvalue weighted by Gasteiger charge is -2.30. The van der Waals surface area contributed by atoms with Gasteiger partial charge in [0.2, 0.25) is 0 Å². The molecule has 3 heteroatoms. The highest BCUT2D eigenvalue weighted by molar-refractivity contribution is 6.09. The van der Waals surface area contributed by atoms with Crippen LogP contribution in [0.5, 0.6) is 0 Å². The van der Waals surface area contributed by atoms with Crippen LogP contribution in [-0.2, 0) is 6.42 Å². The largest absolute Gasteiger partial charge is 0.454 e. The Bertz CT molecular complexity index is 877. The third-order valence-corrected chi connectivity index (χ3v) is 5.38. The van der Waals surface area contributed by atoms with Crippen LogP contribution in [0.25, 0.3) is 21.9 Å². The number of benzene rings is 2. The minimum absolute atomic E-state index is 0.568. The van der Waals surface area contributed by atoms with E-state index in [0.29, 0.717) is 6.17 Å². The second-order valence-electron chi connectivity index (χ2n) is 6.93. The van der Waals surface area contributed by atoms with E-state index in [4.69, 9.17) is 4.42 Å². The third kappa shape index (κ3) is 1.37. The zero-order valence-corrected chi connectivity index (χ0v) is 12.5. The Labute approximate surface area is 123 Å². The average molecular weight is 279 g/mol. The molecule has 3 nitrogen and oxygen atoms in total. The van der Waals surface area contributed by atoms with Crippen molar-refractivity contribution >= 4 is 27.6 Å². The van der Waals surface area contributed by atoms with Gasteiger partial charge in [0.05, 0.1) is 32.9 Å². The number of likely N-dealkylation sites (N-methyl/N-ethyl adjacent to an activating group) is 1. The van der Waals surface area contributed by atoms with Gasteiger partial charge in [0.25, 0.3) is 0 Å². The van der Waals surface area contributed by atoms with Gasteiger partial charge in [-0.15, -0.1) is 0 Å². The SMILES string of the molecule is C[N+]1(C)CCN2c3c(ccc4c3oc3ccccc34)CC21. The molecule has 2 aromatic carbocycles. The first-order valence-electron chi connectivity index (χ1n) is 7.67. The van der Waals surface area contributed by atoms with E-state index in [1.807, 2.05) is 6.07 Å². The van der Waals surface area contributed by atoms with E-state index in [2.05, 4.69) is 49.3 Å². The van der Waals surface area contributed by atoms with Crippen molar-refractivity contribution in [2.45, 2.75) is 12.6 Å². The van der Waals surface area contributed by atoms with Gasteiger partial charge in [-0.1, -0.05) is 30.3 Å². The summed E-state index contributed by atoms with van der Waals surface area (Å²) < 4.78 is 7.30. The Morgan fingerprint density at radius 1 is 1.10 bits per heavy atom. The third-order valence-electron chi connectivity index (χ3n) is 5.38. The zero-order chi connectivity index (χ0) is 14.2. The summed E-state index contributed by atoms with van der Waals surface area (Å²) in [7, 11) is 4.68. The number of para-hydroxylation sites is 1. The first-order chi connectivity index (χ1) is 10.1. The van der Waals surface area contributed by atoms with Crippen molar-refractivity contribution in [2.24, 2.45) is 0 Å². The molecule has 106 valence electrons. The molecule has 1 unspecified atom stereocenters. The molecule has 1 saturated heterocycles. The minimum Gasteiger partial charge on any atom is -0.454 e. The summed E-state index contributed by atoms with van der Waals surface area (Å²) in [5.41, 5.74) is 4.87.